The Labute approximate surface area is 138 Å². The van der Waals surface area contributed by atoms with Gasteiger partial charge >= 0.3 is 0 Å². The first kappa shape index (κ1) is 16.3. The Morgan fingerprint density at radius 3 is 2.75 bits per heavy atom. The lowest BCUT2D eigenvalue weighted by atomic mass is 10.2. The Balaban J connectivity index is 1.99. The number of H-pyrrole nitrogens is 1. The smallest absolute Gasteiger partial charge is 0.293 e. The molecule has 0 aliphatic heterocycles. The molecule has 126 valence electrons. The minimum Gasteiger partial charge on any atom is -0.324 e. The summed E-state index contributed by atoms with van der Waals surface area (Å²) in [5.41, 5.74) is 1.24. The minimum absolute atomic E-state index is 0.116. The lowest BCUT2D eigenvalue weighted by Crippen LogP contribution is -2.29. The predicted octanol–water partition coefficient (Wildman–Crippen LogP) is 1.07. The third kappa shape index (κ3) is 2.83. The van der Waals surface area contributed by atoms with Gasteiger partial charge in [-0.3, -0.25) is 9.20 Å². The second kappa shape index (κ2) is 5.84. The second-order valence-corrected chi connectivity index (χ2v) is 7.34. The fraction of sp³-hybridized carbons (Fsp3) is 0.267. The summed E-state index contributed by atoms with van der Waals surface area (Å²) in [7, 11) is -3.73. The zero-order valence-corrected chi connectivity index (χ0v) is 14.3. The van der Waals surface area contributed by atoms with E-state index < -0.39 is 16.1 Å². The van der Waals surface area contributed by atoms with E-state index in [9.17, 15) is 13.2 Å². The molecular formula is C15H17N5O3S. The average molecular weight is 347 g/mol. The molecule has 2 aromatic heterocycles. The zero-order chi connectivity index (χ0) is 17.5. The van der Waals surface area contributed by atoms with Crippen LogP contribution in [0.2, 0.25) is 0 Å². The molecule has 1 atom stereocenters. The molecule has 0 spiro atoms. The first-order chi connectivity index (χ1) is 11.3. The Kier molecular flexibility index (Phi) is 3.98. The number of aromatic nitrogens is 4. The number of nitrogens with zero attached hydrogens (tertiary/aromatic N) is 3. The van der Waals surface area contributed by atoms with Crippen LogP contribution in [0.25, 0.3) is 5.65 Å². The van der Waals surface area contributed by atoms with Crippen LogP contribution in [-0.4, -0.2) is 28.0 Å². The van der Waals surface area contributed by atoms with Gasteiger partial charge in [0.25, 0.3) is 5.56 Å². The summed E-state index contributed by atoms with van der Waals surface area (Å²) in [6, 6.07) is 4.58. The molecular weight excluding hydrogens is 330 g/mol. The van der Waals surface area contributed by atoms with Crippen LogP contribution in [0.15, 0.2) is 40.3 Å². The van der Waals surface area contributed by atoms with Gasteiger partial charge in [-0.2, -0.15) is 0 Å². The van der Waals surface area contributed by atoms with E-state index in [0.717, 1.165) is 5.56 Å². The van der Waals surface area contributed by atoms with E-state index in [2.05, 4.69) is 19.9 Å². The third-order valence-corrected chi connectivity index (χ3v) is 5.40. The van der Waals surface area contributed by atoms with E-state index in [4.69, 9.17) is 0 Å². The van der Waals surface area contributed by atoms with Gasteiger partial charge in [-0.25, -0.2) is 13.1 Å². The zero-order valence-electron chi connectivity index (χ0n) is 13.4. The molecule has 3 aromatic rings. The predicted molar refractivity (Wildman–Crippen MR) is 88.3 cm³/mol. The maximum Gasteiger partial charge on any atom is 0.293 e. The Hall–Kier alpha value is -2.52. The molecule has 0 radical (unpaired) electrons. The van der Waals surface area contributed by atoms with E-state index in [-0.39, 0.29) is 16.1 Å². The molecule has 1 unspecified atom stereocenters. The maximum atomic E-state index is 12.7. The van der Waals surface area contributed by atoms with Gasteiger partial charge in [0, 0.05) is 12.4 Å². The number of aromatic amines is 1. The molecule has 0 aliphatic rings. The van der Waals surface area contributed by atoms with Crippen molar-refractivity contribution in [3.8, 4) is 0 Å². The summed E-state index contributed by atoms with van der Waals surface area (Å²) in [5, 5.41) is 7.75. The summed E-state index contributed by atoms with van der Waals surface area (Å²) in [4.78, 5) is 14.4. The molecule has 3 rings (SSSR count). The highest BCUT2D eigenvalue weighted by Crippen LogP contribution is 2.20. The van der Waals surface area contributed by atoms with E-state index in [1.54, 1.807) is 32.2 Å². The van der Waals surface area contributed by atoms with E-state index in [1.165, 1.54) is 10.6 Å². The summed E-state index contributed by atoms with van der Waals surface area (Å²) in [6.45, 7) is 5.23. The van der Waals surface area contributed by atoms with Crippen LogP contribution in [0, 0.1) is 13.8 Å². The van der Waals surface area contributed by atoms with Crippen molar-refractivity contribution in [1.82, 2.24) is 24.3 Å². The van der Waals surface area contributed by atoms with Gasteiger partial charge in [0.1, 0.15) is 0 Å². The van der Waals surface area contributed by atoms with Crippen LogP contribution in [0.1, 0.15) is 29.9 Å². The molecule has 9 heteroatoms. The van der Waals surface area contributed by atoms with Crippen molar-refractivity contribution >= 4 is 15.7 Å². The normalized spacial score (nSPS) is 13.3. The summed E-state index contributed by atoms with van der Waals surface area (Å²) < 4.78 is 29.4. The number of nitrogens with one attached hydrogen (secondary N) is 2. The van der Waals surface area contributed by atoms with Crippen LogP contribution in [0.5, 0.6) is 0 Å². The van der Waals surface area contributed by atoms with Crippen LogP contribution in [-0.2, 0) is 10.0 Å². The van der Waals surface area contributed by atoms with Crippen molar-refractivity contribution in [2.75, 3.05) is 0 Å². The van der Waals surface area contributed by atoms with Crippen LogP contribution >= 0.6 is 0 Å². The van der Waals surface area contributed by atoms with Crippen molar-refractivity contribution in [3.63, 3.8) is 0 Å². The molecule has 2 N–H and O–H groups in total. The highest BCUT2D eigenvalue weighted by molar-refractivity contribution is 7.89. The molecule has 0 saturated carbocycles. The van der Waals surface area contributed by atoms with E-state index >= 15 is 0 Å². The Morgan fingerprint density at radius 2 is 2.00 bits per heavy atom. The van der Waals surface area contributed by atoms with Crippen LogP contribution < -0.4 is 10.3 Å². The Bertz CT molecular complexity index is 1070. The molecule has 24 heavy (non-hydrogen) atoms. The molecule has 0 saturated heterocycles. The lowest BCUT2D eigenvalue weighted by molar-refractivity contribution is 0.557. The van der Waals surface area contributed by atoms with Crippen LogP contribution in [0.3, 0.4) is 0 Å². The minimum atomic E-state index is -3.73. The van der Waals surface area contributed by atoms with E-state index in [1.807, 2.05) is 13.0 Å². The molecule has 0 bridgehead atoms. The van der Waals surface area contributed by atoms with Gasteiger partial charge < -0.3 is 4.98 Å². The quantitative estimate of drug-likeness (QED) is 0.734. The summed E-state index contributed by atoms with van der Waals surface area (Å²) >= 11 is 0. The van der Waals surface area contributed by atoms with Gasteiger partial charge in [0.2, 0.25) is 15.7 Å². The molecule has 8 nitrogen and oxygen atoms in total. The molecule has 2 heterocycles. The number of hydrogen-bond acceptors (Lipinski definition) is 5. The number of rotatable bonds is 4. The van der Waals surface area contributed by atoms with Crippen LogP contribution in [0.4, 0.5) is 0 Å². The largest absolute Gasteiger partial charge is 0.324 e. The maximum absolute atomic E-state index is 12.7. The summed E-state index contributed by atoms with van der Waals surface area (Å²) in [5.74, 6) is 0.338. The van der Waals surface area contributed by atoms with Crippen molar-refractivity contribution in [2.45, 2.75) is 31.7 Å². The molecule has 1 aromatic carbocycles. The summed E-state index contributed by atoms with van der Waals surface area (Å²) in [6.07, 6.45) is 3.03. The number of fused-ring (bicyclic) bond motifs is 1. The fourth-order valence-electron chi connectivity index (χ4n) is 2.50. The topological polar surface area (TPSA) is 109 Å². The van der Waals surface area contributed by atoms with Crippen molar-refractivity contribution in [2.24, 2.45) is 0 Å². The van der Waals surface area contributed by atoms with Gasteiger partial charge in [0.05, 0.1) is 10.9 Å². The highest BCUT2D eigenvalue weighted by atomic mass is 32.2. The van der Waals surface area contributed by atoms with E-state index in [0.29, 0.717) is 11.4 Å². The SMILES string of the molecule is Cc1ccc(C)c(S(=O)(=O)NC(C)c2nnc3c(=O)[nH]ccn23)c1. The molecule has 0 aliphatic carbocycles. The van der Waals surface area contributed by atoms with Crippen molar-refractivity contribution in [3.05, 3.63) is 57.9 Å². The first-order valence-corrected chi connectivity index (χ1v) is 8.80. The second-order valence-electron chi connectivity index (χ2n) is 5.65. The first-order valence-electron chi connectivity index (χ1n) is 7.31. The van der Waals surface area contributed by atoms with Crippen molar-refractivity contribution in [1.29, 1.82) is 0 Å². The van der Waals surface area contributed by atoms with Gasteiger partial charge in [0.15, 0.2) is 5.82 Å². The standard InChI is InChI=1S/C15H17N5O3S/c1-9-4-5-10(2)12(8-9)24(22,23)19-11(3)13-17-18-14-15(21)16-6-7-20(13)14/h4-8,11,19H,1-3H3,(H,16,21). The number of aryl methyl sites for hydroxylation is 2. The average Bonchev–Trinajstić information content (AvgIpc) is 2.94. The van der Waals surface area contributed by atoms with Gasteiger partial charge in [-0.15, -0.1) is 10.2 Å². The van der Waals surface area contributed by atoms with Gasteiger partial charge in [-0.05, 0) is 38.0 Å². The van der Waals surface area contributed by atoms with Crippen molar-refractivity contribution < 1.29 is 8.42 Å². The van der Waals surface area contributed by atoms with Gasteiger partial charge in [-0.1, -0.05) is 12.1 Å². The monoisotopic (exact) mass is 347 g/mol. The third-order valence-electron chi connectivity index (χ3n) is 3.72. The number of sulfonamides is 1. The highest BCUT2D eigenvalue weighted by Gasteiger charge is 2.23. The Morgan fingerprint density at radius 1 is 1.25 bits per heavy atom. The number of benzene rings is 1. The molecule has 0 amide bonds. The lowest BCUT2D eigenvalue weighted by Gasteiger charge is -2.14. The number of hydrogen-bond donors (Lipinski definition) is 2. The fourth-order valence-corrected chi connectivity index (χ4v) is 4.03. The molecule has 0 fully saturated rings.